The van der Waals surface area contributed by atoms with Crippen molar-refractivity contribution in [3.05, 3.63) is 46.6 Å². The summed E-state index contributed by atoms with van der Waals surface area (Å²) in [7, 11) is 0. The predicted octanol–water partition coefficient (Wildman–Crippen LogP) is 3.10. The molecule has 3 aromatic heterocycles. The van der Waals surface area contributed by atoms with Gasteiger partial charge in [0.1, 0.15) is 11.3 Å². The van der Waals surface area contributed by atoms with E-state index in [1.165, 1.54) is 12.3 Å². The SMILES string of the molecule is CCOC(=O)Nc1cnc(Cn2c(C)nc3ccc(C(=O)O)nc32)c(Cl)c1. The molecule has 3 rings (SSSR count). The summed E-state index contributed by atoms with van der Waals surface area (Å²) in [5.74, 6) is -0.473. The van der Waals surface area contributed by atoms with Crippen LogP contribution in [0.5, 0.6) is 0 Å². The highest BCUT2D eigenvalue weighted by Crippen LogP contribution is 2.22. The number of rotatable bonds is 5. The number of amides is 1. The van der Waals surface area contributed by atoms with Crippen LogP contribution in [0.15, 0.2) is 24.4 Å². The third-order valence-electron chi connectivity index (χ3n) is 3.75. The van der Waals surface area contributed by atoms with Gasteiger partial charge >= 0.3 is 12.1 Å². The summed E-state index contributed by atoms with van der Waals surface area (Å²) in [6.07, 6.45) is 0.868. The largest absolute Gasteiger partial charge is 0.477 e. The monoisotopic (exact) mass is 389 g/mol. The van der Waals surface area contributed by atoms with E-state index in [0.717, 1.165) is 0 Å². The van der Waals surface area contributed by atoms with Gasteiger partial charge in [0.2, 0.25) is 0 Å². The maximum absolute atomic E-state index is 11.5. The highest BCUT2D eigenvalue weighted by molar-refractivity contribution is 6.31. The van der Waals surface area contributed by atoms with Gasteiger partial charge in [-0.05, 0) is 32.0 Å². The van der Waals surface area contributed by atoms with Gasteiger partial charge in [-0.15, -0.1) is 0 Å². The number of ether oxygens (including phenoxy) is 1. The van der Waals surface area contributed by atoms with Crippen LogP contribution < -0.4 is 5.32 Å². The maximum Gasteiger partial charge on any atom is 0.411 e. The number of carboxylic acids is 1. The highest BCUT2D eigenvalue weighted by atomic mass is 35.5. The zero-order valence-electron chi connectivity index (χ0n) is 14.6. The molecule has 2 N–H and O–H groups in total. The molecular weight excluding hydrogens is 374 g/mol. The van der Waals surface area contributed by atoms with Crippen LogP contribution in [0.3, 0.4) is 0 Å². The number of carboxylic acid groups (broad SMARTS) is 1. The van der Waals surface area contributed by atoms with Crippen LogP contribution in [-0.4, -0.2) is 43.3 Å². The van der Waals surface area contributed by atoms with Gasteiger partial charge in [-0.2, -0.15) is 0 Å². The summed E-state index contributed by atoms with van der Waals surface area (Å²) in [5.41, 5.74) is 1.86. The summed E-state index contributed by atoms with van der Waals surface area (Å²) in [5, 5.41) is 12.0. The molecule has 9 nitrogen and oxygen atoms in total. The number of aromatic carboxylic acids is 1. The fraction of sp³-hybridized carbons (Fsp3) is 0.235. The molecule has 27 heavy (non-hydrogen) atoms. The first-order valence-corrected chi connectivity index (χ1v) is 8.42. The van der Waals surface area contributed by atoms with Crippen LogP contribution >= 0.6 is 11.6 Å². The lowest BCUT2D eigenvalue weighted by Crippen LogP contribution is -2.14. The van der Waals surface area contributed by atoms with Gasteiger partial charge in [-0.1, -0.05) is 11.6 Å². The lowest BCUT2D eigenvalue weighted by molar-refractivity contribution is 0.0690. The molecule has 0 aromatic carbocycles. The summed E-state index contributed by atoms with van der Waals surface area (Å²) < 4.78 is 6.54. The second kappa shape index (κ2) is 7.58. The van der Waals surface area contributed by atoms with Crippen molar-refractivity contribution in [1.82, 2.24) is 19.5 Å². The average molecular weight is 390 g/mol. The topological polar surface area (TPSA) is 119 Å². The Bertz CT molecular complexity index is 1030. The minimum absolute atomic E-state index is 0.0725. The summed E-state index contributed by atoms with van der Waals surface area (Å²) in [6, 6.07) is 4.57. The quantitative estimate of drug-likeness (QED) is 0.687. The number of nitrogens with zero attached hydrogens (tertiary/aromatic N) is 4. The standard InChI is InChI=1S/C17H16ClN5O4/c1-3-27-17(26)21-10-6-11(18)14(19-7-10)8-23-9(2)20-12-4-5-13(16(24)25)22-15(12)23/h4-7H,3,8H2,1-2H3,(H,21,26)(H,24,25). The fourth-order valence-corrected chi connectivity index (χ4v) is 2.74. The van der Waals surface area contributed by atoms with Crippen molar-refractivity contribution < 1.29 is 19.4 Å². The van der Waals surface area contributed by atoms with E-state index in [9.17, 15) is 9.59 Å². The van der Waals surface area contributed by atoms with Gasteiger partial charge in [0.15, 0.2) is 11.3 Å². The van der Waals surface area contributed by atoms with Crippen LogP contribution in [0.4, 0.5) is 10.5 Å². The Hall–Kier alpha value is -3.20. The van der Waals surface area contributed by atoms with E-state index in [-0.39, 0.29) is 18.8 Å². The van der Waals surface area contributed by atoms with Gasteiger partial charge in [0.25, 0.3) is 0 Å². The van der Waals surface area contributed by atoms with Crippen LogP contribution in [-0.2, 0) is 11.3 Å². The smallest absolute Gasteiger partial charge is 0.411 e. The van der Waals surface area contributed by atoms with E-state index in [2.05, 4.69) is 20.3 Å². The van der Waals surface area contributed by atoms with Crippen molar-refractivity contribution in [2.45, 2.75) is 20.4 Å². The van der Waals surface area contributed by atoms with E-state index < -0.39 is 12.1 Å². The molecule has 10 heteroatoms. The maximum atomic E-state index is 11.5. The Kier molecular flexibility index (Phi) is 5.22. The number of carbonyl (C=O) groups excluding carboxylic acids is 1. The number of aromatic nitrogens is 4. The Morgan fingerprint density at radius 2 is 2.11 bits per heavy atom. The first-order chi connectivity index (χ1) is 12.9. The van der Waals surface area contributed by atoms with Crippen LogP contribution in [0.25, 0.3) is 11.2 Å². The first-order valence-electron chi connectivity index (χ1n) is 8.04. The van der Waals surface area contributed by atoms with E-state index in [4.69, 9.17) is 21.4 Å². The number of halogens is 1. The molecule has 0 atom stereocenters. The van der Waals surface area contributed by atoms with Gasteiger partial charge in [0, 0.05) is 0 Å². The summed E-state index contributed by atoms with van der Waals surface area (Å²) in [4.78, 5) is 35.5. The number of hydrogen-bond donors (Lipinski definition) is 2. The van der Waals surface area contributed by atoms with E-state index >= 15 is 0 Å². The van der Waals surface area contributed by atoms with E-state index in [1.807, 2.05) is 0 Å². The molecule has 0 radical (unpaired) electrons. The third-order valence-corrected chi connectivity index (χ3v) is 4.08. The number of anilines is 1. The number of pyridine rings is 2. The minimum atomic E-state index is -1.12. The molecule has 0 spiro atoms. The zero-order valence-corrected chi connectivity index (χ0v) is 15.3. The van der Waals surface area contributed by atoms with Crippen molar-refractivity contribution in [1.29, 1.82) is 0 Å². The molecule has 3 aromatic rings. The molecule has 1 amide bonds. The Balaban J connectivity index is 1.91. The fourth-order valence-electron chi connectivity index (χ4n) is 2.51. The zero-order chi connectivity index (χ0) is 19.6. The van der Waals surface area contributed by atoms with Crippen LogP contribution in [0, 0.1) is 6.92 Å². The van der Waals surface area contributed by atoms with Crippen molar-refractivity contribution in [2.24, 2.45) is 0 Å². The number of hydrogen-bond acceptors (Lipinski definition) is 6. The second-order valence-corrected chi connectivity index (χ2v) is 5.99. The number of fused-ring (bicyclic) bond motifs is 1. The van der Waals surface area contributed by atoms with E-state index in [0.29, 0.717) is 33.4 Å². The Labute approximate surface area is 159 Å². The van der Waals surface area contributed by atoms with Gasteiger partial charge in [-0.3, -0.25) is 10.3 Å². The third kappa shape index (κ3) is 3.98. The van der Waals surface area contributed by atoms with Crippen LogP contribution in [0.1, 0.15) is 28.9 Å². The molecule has 140 valence electrons. The molecule has 0 aliphatic carbocycles. The van der Waals surface area contributed by atoms with Crippen molar-refractivity contribution in [3.8, 4) is 0 Å². The Morgan fingerprint density at radius 3 is 2.78 bits per heavy atom. The number of imidazole rings is 1. The first kappa shape index (κ1) is 18.6. The molecular formula is C17H16ClN5O4. The molecule has 0 saturated carbocycles. The van der Waals surface area contributed by atoms with Gasteiger partial charge in [-0.25, -0.2) is 19.6 Å². The molecule has 0 unspecified atom stereocenters. The summed E-state index contributed by atoms with van der Waals surface area (Å²) in [6.45, 7) is 3.99. The normalized spacial score (nSPS) is 10.8. The van der Waals surface area contributed by atoms with Gasteiger partial charge < -0.3 is 14.4 Å². The molecule has 0 fully saturated rings. The summed E-state index contributed by atoms with van der Waals surface area (Å²) >= 11 is 6.29. The van der Waals surface area contributed by atoms with Crippen molar-refractivity contribution in [3.63, 3.8) is 0 Å². The molecule has 0 aliphatic heterocycles. The molecule has 0 aliphatic rings. The Morgan fingerprint density at radius 1 is 1.33 bits per heavy atom. The average Bonchev–Trinajstić information content (AvgIpc) is 2.92. The molecule has 0 bridgehead atoms. The predicted molar refractivity (Wildman–Crippen MR) is 98.2 cm³/mol. The molecule has 0 saturated heterocycles. The minimum Gasteiger partial charge on any atom is -0.477 e. The lowest BCUT2D eigenvalue weighted by Gasteiger charge is -2.10. The number of carbonyl (C=O) groups is 2. The van der Waals surface area contributed by atoms with Crippen molar-refractivity contribution >= 4 is 40.5 Å². The van der Waals surface area contributed by atoms with Crippen LogP contribution in [0.2, 0.25) is 5.02 Å². The second-order valence-electron chi connectivity index (χ2n) is 5.59. The number of aryl methyl sites for hydroxylation is 1. The van der Waals surface area contributed by atoms with Gasteiger partial charge in [0.05, 0.1) is 35.8 Å². The number of nitrogens with one attached hydrogen (secondary N) is 1. The highest BCUT2D eigenvalue weighted by Gasteiger charge is 2.15. The van der Waals surface area contributed by atoms with Crippen molar-refractivity contribution in [2.75, 3.05) is 11.9 Å². The lowest BCUT2D eigenvalue weighted by atomic mass is 10.3. The molecule has 3 heterocycles. The van der Waals surface area contributed by atoms with E-state index in [1.54, 1.807) is 30.5 Å².